The van der Waals surface area contributed by atoms with Crippen LogP contribution in [0, 0.1) is 0 Å². The third kappa shape index (κ3) is 2.43. The average Bonchev–Trinajstić information content (AvgIpc) is 2.92. The summed E-state index contributed by atoms with van der Waals surface area (Å²) in [5.74, 6) is 0.957. The summed E-state index contributed by atoms with van der Waals surface area (Å²) in [6.45, 7) is 0.479. The van der Waals surface area contributed by atoms with Gasteiger partial charge in [0.15, 0.2) is 0 Å². The molecule has 0 aromatic carbocycles. The van der Waals surface area contributed by atoms with Crippen LogP contribution in [0.2, 0.25) is 0 Å². The molecule has 19 heavy (non-hydrogen) atoms. The van der Waals surface area contributed by atoms with Crippen LogP contribution in [0.4, 0.5) is 0 Å². The summed E-state index contributed by atoms with van der Waals surface area (Å²) in [7, 11) is -3.41. The van der Waals surface area contributed by atoms with Crippen molar-refractivity contribution in [2.45, 2.75) is 19.4 Å². The van der Waals surface area contributed by atoms with Gasteiger partial charge in [-0.2, -0.15) is 13.5 Å². The van der Waals surface area contributed by atoms with Crippen LogP contribution in [0.3, 0.4) is 0 Å². The molecular weight excluding hydrogens is 268 g/mol. The van der Waals surface area contributed by atoms with E-state index in [9.17, 15) is 8.42 Å². The van der Waals surface area contributed by atoms with E-state index >= 15 is 0 Å². The molecule has 0 spiro atoms. The molecule has 0 saturated carbocycles. The molecule has 1 aliphatic rings. The molecule has 6 nitrogen and oxygen atoms in total. The topological polar surface area (TPSA) is 74.3 Å². The Balaban J connectivity index is 1.84. The number of furan rings is 1. The fourth-order valence-electron chi connectivity index (χ4n) is 2.36. The predicted molar refractivity (Wildman–Crippen MR) is 68.1 cm³/mol. The zero-order valence-corrected chi connectivity index (χ0v) is 11.3. The first kappa shape index (κ1) is 12.4. The van der Waals surface area contributed by atoms with Gasteiger partial charge >= 0.3 is 0 Å². The lowest BCUT2D eigenvalue weighted by Crippen LogP contribution is -2.13. The van der Waals surface area contributed by atoms with Crippen LogP contribution in [-0.2, 0) is 33.7 Å². The number of fused-ring (bicyclic) bond motifs is 3. The van der Waals surface area contributed by atoms with E-state index in [1.807, 2.05) is 12.3 Å². The standard InChI is InChI=1S/C12H14N2O4S/c1-19(15,16)18-7-5-14-12-9(8-13-14)2-3-11-10(12)4-6-17-11/h4,6,8H,2-3,5,7H2,1H3. The molecule has 0 radical (unpaired) electrons. The molecule has 0 fully saturated rings. The number of rotatable bonds is 4. The third-order valence-corrected chi connectivity index (χ3v) is 3.73. The first-order valence-electron chi connectivity index (χ1n) is 6.00. The van der Waals surface area contributed by atoms with Crippen LogP contribution >= 0.6 is 0 Å². The smallest absolute Gasteiger partial charge is 0.264 e. The van der Waals surface area contributed by atoms with Crippen molar-refractivity contribution < 1.29 is 17.0 Å². The molecule has 0 N–H and O–H groups in total. The normalized spacial score (nSPS) is 14.2. The lowest BCUT2D eigenvalue weighted by molar-refractivity contribution is 0.298. The van der Waals surface area contributed by atoms with Gasteiger partial charge < -0.3 is 4.42 Å². The lowest BCUT2D eigenvalue weighted by atomic mass is 9.96. The first-order chi connectivity index (χ1) is 9.04. The predicted octanol–water partition coefficient (Wildman–Crippen LogP) is 1.22. The number of hydrogen-bond acceptors (Lipinski definition) is 5. The molecule has 1 aliphatic carbocycles. The van der Waals surface area contributed by atoms with Crippen LogP contribution in [0.15, 0.2) is 22.9 Å². The molecule has 2 aromatic rings. The fraction of sp³-hybridized carbons (Fsp3) is 0.417. The van der Waals surface area contributed by atoms with Gasteiger partial charge in [0.1, 0.15) is 5.76 Å². The minimum Gasteiger partial charge on any atom is -0.469 e. The van der Waals surface area contributed by atoms with Gasteiger partial charge in [-0.3, -0.25) is 8.86 Å². The van der Waals surface area contributed by atoms with E-state index in [4.69, 9.17) is 8.60 Å². The van der Waals surface area contributed by atoms with E-state index in [0.717, 1.165) is 41.7 Å². The number of nitrogens with zero attached hydrogens (tertiary/aromatic N) is 2. The van der Waals surface area contributed by atoms with E-state index in [1.165, 1.54) is 0 Å². The molecule has 0 unspecified atom stereocenters. The van der Waals surface area contributed by atoms with Gasteiger partial charge in [-0.25, -0.2) is 0 Å². The summed E-state index contributed by atoms with van der Waals surface area (Å²) < 4.78 is 33.8. The number of aromatic nitrogens is 2. The van der Waals surface area contributed by atoms with Crippen molar-refractivity contribution in [2.75, 3.05) is 12.9 Å². The summed E-state index contributed by atoms with van der Waals surface area (Å²) in [4.78, 5) is 0. The molecule has 2 heterocycles. The van der Waals surface area contributed by atoms with Crippen LogP contribution in [0.1, 0.15) is 11.3 Å². The Hall–Kier alpha value is -1.60. The van der Waals surface area contributed by atoms with E-state index in [0.29, 0.717) is 6.54 Å². The summed E-state index contributed by atoms with van der Waals surface area (Å²) in [6, 6.07) is 1.92. The van der Waals surface area contributed by atoms with Gasteiger partial charge in [0, 0.05) is 12.0 Å². The maximum Gasteiger partial charge on any atom is 0.264 e. The molecule has 3 rings (SSSR count). The SMILES string of the molecule is CS(=O)(=O)OCCn1ncc2c1-c1ccoc1CC2. The van der Waals surface area contributed by atoms with Crippen LogP contribution < -0.4 is 0 Å². The second kappa shape index (κ2) is 4.50. The summed E-state index contributed by atoms with van der Waals surface area (Å²) in [5.41, 5.74) is 3.21. The van der Waals surface area contributed by atoms with Crippen molar-refractivity contribution in [1.82, 2.24) is 9.78 Å². The van der Waals surface area contributed by atoms with E-state index < -0.39 is 10.1 Å². The van der Waals surface area contributed by atoms with Gasteiger partial charge in [-0.1, -0.05) is 0 Å². The van der Waals surface area contributed by atoms with Crippen LogP contribution in [-0.4, -0.2) is 31.1 Å². The Bertz CT molecular complexity index is 699. The highest BCUT2D eigenvalue weighted by atomic mass is 32.2. The summed E-state index contributed by atoms with van der Waals surface area (Å²) in [5, 5.41) is 4.30. The number of aryl methyl sites for hydroxylation is 2. The third-order valence-electron chi connectivity index (χ3n) is 3.14. The van der Waals surface area contributed by atoms with Gasteiger partial charge in [0.25, 0.3) is 10.1 Å². The highest BCUT2D eigenvalue weighted by molar-refractivity contribution is 7.85. The Morgan fingerprint density at radius 3 is 3.11 bits per heavy atom. The first-order valence-corrected chi connectivity index (χ1v) is 7.82. The second-order valence-corrected chi connectivity index (χ2v) is 6.17. The Morgan fingerprint density at radius 1 is 1.47 bits per heavy atom. The number of hydrogen-bond donors (Lipinski definition) is 0. The molecule has 0 saturated heterocycles. The minimum atomic E-state index is -3.41. The Kier molecular flexibility index (Phi) is 2.94. The highest BCUT2D eigenvalue weighted by Crippen LogP contribution is 2.33. The van der Waals surface area contributed by atoms with Crippen molar-refractivity contribution in [2.24, 2.45) is 0 Å². The molecule has 0 aliphatic heterocycles. The monoisotopic (exact) mass is 282 g/mol. The van der Waals surface area contributed by atoms with Crippen molar-refractivity contribution >= 4 is 10.1 Å². The zero-order valence-electron chi connectivity index (χ0n) is 10.5. The second-order valence-electron chi connectivity index (χ2n) is 4.53. The molecule has 0 bridgehead atoms. The zero-order chi connectivity index (χ0) is 13.5. The molecule has 7 heteroatoms. The Labute approximate surface area is 111 Å². The van der Waals surface area contributed by atoms with Crippen molar-refractivity contribution in [3.63, 3.8) is 0 Å². The molecular formula is C12H14N2O4S. The molecule has 0 amide bonds. The van der Waals surface area contributed by atoms with Crippen molar-refractivity contribution in [1.29, 1.82) is 0 Å². The van der Waals surface area contributed by atoms with E-state index in [1.54, 1.807) is 10.9 Å². The van der Waals surface area contributed by atoms with Gasteiger partial charge in [0.2, 0.25) is 0 Å². The van der Waals surface area contributed by atoms with Gasteiger partial charge in [-0.05, 0) is 18.1 Å². The largest absolute Gasteiger partial charge is 0.469 e. The Morgan fingerprint density at radius 2 is 2.32 bits per heavy atom. The van der Waals surface area contributed by atoms with E-state index in [2.05, 4.69) is 5.10 Å². The van der Waals surface area contributed by atoms with Crippen LogP contribution in [0.25, 0.3) is 11.3 Å². The van der Waals surface area contributed by atoms with Crippen LogP contribution in [0.5, 0.6) is 0 Å². The lowest BCUT2D eigenvalue weighted by Gasteiger charge is -2.13. The minimum absolute atomic E-state index is 0.0835. The maximum absolute atomic E-state index is 10.9. The van der Waals surface area contributed by atoms with Crippen molar-refractivity contribution in [3.05, 3.63) is 29.9 Å². The van der Waals surface area contributed by atoms with E-state index in [-0.39, 0.29) is 6.61 Å². The quantitative estimate of drug-likeness (QED) is 0.788. The van der Waals surface area contributed by atoms with Crippen molar-refractivity contribution in [3.8, 4) is 11.3 Å². The molecule has 2 aromatic heterocycles. The average molecular weight is 282 g/mol. The molecule has 102 valence electrons. The highest BCUT2D eigenvalue weighted by Gasteiger charge is 2.23. The summed E-state index contributed by atoms with van der Waals surface area (Å²) >= 11 is 0. The molecule has 0 atom stereocenters. The summed E-state index contributed by atoms with van der Waals surface area (Å²) in [6.07, 6.45) is 6.30. The fourth-order valence-corrected chi connectivity index (χ4v) is 2.73. The maximum atomic E-state index is 10.9. The van der Waals surface area contributed by atoms with Gasteiger partial charge in [-0.15, -0.1) is 0 Å². The van der Waals surface area contributed by atoms with Gasteiger partial charge in [0.05, 0.1) is 37.6 Å².